The van der Waals surface area contributed by atoms with E-state index >= 15 is 0 Å². The first kappa shape index (κ1) is 29.0. The topological polar surface area (TPSA) is 111 Å². The van der Waals surface area contributed by atoms with Crippen molar-refractivity contribution in [2.75, 3.05) is 37.1 Å². The fourth-order valence-electron chi connectivity index (χ4n) is 4.67. The molecule has 2 heterocycles. The molecule has 10 nitrogen and oxygen atoms in total. The number of nitrogens with one attached hydrogen (secondary N) is 1. The molecule has 1 unspecified atom stereocenters. The van der Waals surface area contributed by atoms with E-state index in [4.69, 9.17) is 21.1 Å². The number of carbonyl (C=O) groups is 1. The van der Waals surface area contributed by atoms with Crippen LogP contribution in [-0.2, 0) is 11.2 Å². The molecule has 0 saturated heterocycles. The number of carbonyl (C=O) groups excluding carboxylic acids is 1. The molecule has 4 aromatic rings. The average molecular weight is 604 g/mol. The molecule has 0 saturated carbocycles. The van der Waals surface area contributed by atoms with Crippen LogP contribution in [0.3, 0.4) is 0 Å². The maximum absolute atomic E-state index is 14.3. The smallest absolute Gasteiger partial charge is 0.497 e. The standard InChI is InChI=1S/C28H25ClF3N5O5/c1-40-22-12-19(11-20(13-22)37-16-33-15-34-37)35-26(23-5-3-18(29)10-25(23)41-9-8-38)27(39)36-7-6-17-2-4-21(14-24(17)36)42-28(30,31)32/h2-5,10-16,26,35,38H,6-9H2,1H3. The second kappa shape index (κ2) is 12.2. The van der Waals surface area contributed by atoms with Crippen LogP contribution in [0.2, 0.25) is 5.02 Å². The summed E-state index contributed by atoms with van der Waals surface area (Å²) in [6.07, 6.45) is -1.58. The van der Waals surface area contributed by atoms with Gasteiger partial charge in [-0.2, -0.15) is 5.10 Å². The SMILES string of the molecule is COc1cc(NC(C(=O)N2CCc3ccc(OC(F)(F)F)cc32)c2ccc(Cl)cc2OCCO)cc(-n2cncn2)c1. The molecule has 0 fully saturated rings. The number of amides is 1. The maximum Gasteiger partial charge on any atom is 0.573 e. The van der Waals surface area contributed by atoms with Crippen LogP contribution in [0.1, 0.15) is 17.2 Å². The largest absolute Gasteiger partial charge is 0.573 e. The minimum atomic E-state index is -4.89. The zero-order valence-electron chi connectivity index (χ0n) is 22.1. The van der Waals surface area contributed by atoms with Gasteiger partial charge in [-0.25, -0.2) is 9.67 Å². The molecule has 3 aromatic carbocycles. The van der Waals surface area contributed by atoms with E-state index in [-0.39, 0.29) is 25.5 Å². The Hall–Kier alpha value is -4.49. The summed E-state index contributed by atoms with van der Waals surface area (Å²) in [6, 6.07) is 12.7. The van der Waals surface area contributed by atoms with Crippen LogP contribution in [0, 0.1) is 0 Å². The highest BCUT2D eigenvalue weighted by molar-refractivity contribution is 6.30. The van der Waals surface area contributed by atoms with Crippen molar-refractivity contribution < 1.29 is 37.3 Å². The molecular formula is C28H25ClF3N5O5. The van der Waals surface area contributed by atoms with E-state index in [9.17, 15) is 23.1 Å². The number of halogens is 4. The summed E-state index contributed by atoms with van der Waals surface area (Å²) in [7, 11) is 1.49. The summed E-state index contributed by atoms with van der Waals surface area (Å²) in [4.78, 5) is 19.7. The van der Waals surface area contributed by atoms with Crippen molar-refractivity contribution >= 4 is 28.9 Å². The predicted octanol–water partition coefficient (Wildman–Crippen LogP) is 4.94. The summed E-state index contributed by atoms with van der Waals surface area (Å²) >= 11 is 6.23. The van der Waals surface area contributed by atoms with Gasteiger partial charge in [-0.05, 0) is 36.2 Å². The van der Waals surface area contributed by atoms with Gasteiger partial charge in [0.1, 0.15) is 42.6 Å². The second-order valence-electron chi connectivity index (χ2n) is 9.17. The number of aromatic nitrogens is 3. The van der Waals surface area contributed by atoms with Crippen molar-refractivity contribution in [1.82, 2.24) is 14.8 Å². The third kappa shape index (κ3) is 6.52. The van der Waals surface area contributed by atoms with Gasteiger partial charge in [0.25, 0.3) is 5.91 Å². The van der Waals surface area contributed by atoms with Gasteiger partial charge >= 0.3 is 6.36 Å². The Morgan fingerprint density at radius 1 is 1.14 bits per heavy atom. The lowest BCUT2D eigenvalue weighted by atomic mass is 10.0. The van der Waals surface area contributed by atoms with Crippen LogP contribution in [0.25, 0.3) is 5.69 Å². The molecule has 220 valence electrons. The van der Waals surface area contributed by atoms with Gasteiger partial charge in [-0.3, -0.25) is 4.79 Å². The van der Waals surface area contributed by atoms with Crippen LogP contribution < -0.4 is 24.4 Å². The Labute approximate surface area is 243 Å². The molecule has 2 N–H and O–H groups in total. The second-order valence-corrected chi connectivity index (χ2v) is 9.61. The third-order valence-corrected chi connectivity index (χ3v) is 6.69. The van der Waals surface area contributed by atoms with Crippen molar-refractivity contribution in [2.45, 2.75) is 18.8 Å². The highest BCUT2D eigenvalue weighted by Gasteiger charge is 2.35. The van der Waals surface area contributed by atoms with Crippen molar-refractivity contribution in [3.8, 4) is 22.9 Å². The van der Waals surface area contributed by atoms with Crippen LogP contribution in [-0.4, -0.2) is 59.0 Å². The number of rotatable bonds is 10. The Kier molecular flexibility index (Phi) is 8.41. The highest BCUT2D eigenvalue weighted by Crippen LogP contribution is 2.39. The Balaban J connectivity index is 1.57. The van der Waals surface area contributed by atoms with Crippen LogP contribution in [0.4, 0.5) is 24.5 Å². The number of methoxy groups -OCH3 is 1. The van der Waals surface area contributed by atoms with Gasteiger partial charge in [-0.15, -0.1) is 13.2 Å². The molecule has 14 heteroatoms. The molecule has 1 amide bonds. The summed E-state index contributed by atoms with van der Waals surface area (Å²) in [5.74, 6) is -0.200. The Morgan fingerprint density at radius 3 is 2.69 bits per heavy atom. The first-order valence-corrected chi connectivity index (χ1v) is 13.1. The van der Waals surface area contributed by atoms with Crippen LogP contribution in [0.15, 0.2) is 67.3 Å². The highest BCUT2D eigenvalue weighted by atomic mass is 35.5. The normalized spacial score (nSPS) is 13.4. The van der Waals surface area contributed by atoms with Crippen molar-refractivity contribution in [3.63, 3.8) is 0 Å². The van der Waals surface area contributed by atoms with E-state index in [0.717, 1.165) is 0 Å². The molecule has 42 heavy (non-hydrogen) atoms. The Bertz CT molecular complexity index is 1570. The fourth-order valence-corrected chi connectivity index (χ4v) is 4.83. The van der Waals surface area contributed by atoms with Crippen molar-refractivity contribution in [2.24, 2.45) is 0 Å². The molecule has 0 spiro atoms. The van der Waals surface area contributed by atoms with Gasteiger partial charge in [0.2, 0.25) is 0 Å². The van der Waals surface area contributed by atoms with Gasteiger partial charge in [0.15, 0.2) is 0 Å². The first-order chi connectivity index (χ1) is 20.1. The zero-order valence-corrected chi connectivity index (χ0v) is 22.9. The molecule has 1 aromatic heterocycles. The number of anilines is 2. The number of benzene rings is 3. The molecule has 5 rings (SSSR count). The Morgan fingerprint density at radius 2 is 1.98 bits per heavy atom. The van der Waals surface area contributed by atoms with E-state index in [1.165, 1.54) is 53.6 Å². The number of hydrogen-bond acceptors (Lipinski definition) is 8. The molecule has 1 aliphatic heterocycles. The van der Waals surface area contributed by atoms with E-state index in [0.29, 0.717) is 45.4 Å². The zero-order chi connectivity index (χ0) is 29.9. The van der Waals surface area contributed by atoms with Crippen molar-refractivity contribution in [1.29, 1.82) is 0 Å². The maximum atomic E-state index is 14.3. The number of ether oxygens (including phenoxy) is 3. The number of aliphatic hydroxyl groups is 1. The number of hydrogen-bond donors (Lipinski definition) is 2. The third-order valence-electron chi connectivity index (χ3n) is 6.46. The van der Waals surface area contributed by atoms with Gasteiger partial charge < -0.3 is 29.5 Å². The van der Waals surface area contributed by atoms with E-state index in [1.54, 1.807) is 30.3 Å². The molecule has 0 radical (unpaired) electrons. The monoisotopic (exact) mass is 603 g/mol. The van der Waals surface area contributed by atoms with Gasteiger partial charge in [0.05, 0.1) is 25.1 Å². The molecule has 0 bridgehead atoms. The van der Waals surface area contributed by atoms with E-state index in [1.807, 2.05) is 0 Å². The van der Waals surface area contributed by atoms with Crippen molar-refractivity contribution in [3.05, 3.63) is 83.4 Å². The fraction of sp³-hybridized carbons (Fsp3) is 0.250. The summed E-state index contributed by atoms with van der Waals surface area (Å²) in [6.45, 7) is -0.115. The summed E-state index contributed by atoms with van der Waals surface area (Å²) < 4.78 is 55.6. The number of nitrogens with zero attached hydrogens (tertiary/aromatic N) is 4. The summed E-state index contributed by atoms with van der Waals surface area (Å²) in [5.41, 5.74) is 2.44. The van der Waals surface area contributed by atoms with Gasteiger partial charge in [-0.1, -0.05) is 23.7 Å². The lowest BCUT2D eigenvalue weighted by Gasteiger charge is -2.28. The van der Waals surface area contributed by atoms with Crippen LogP contribution >= 0.6 is 11.6 Å². The molecule has 0 aliphatic carbocycles. The number of alkyl halides is 3. The van der Waals surface area contributed by atoms with E-state index in [2.05, 4.69) is 20.1 Å². The number of fused-ring (bicyclic) bond motifs is 1. The summed E-state index contributed by atoms with van der Waals surface area (Å²) in [5, 5.41) is 17.1. The first-order valence-electron chi connectivity index (χ1n) is 12.7. The van der Waals surface area contributed by atoms with Gasteiger partial charge in [0, 0.05) is 41.0 Å². The van der Waals surface area contributed by atoms with E-state index < -0.39 is 24.1 Å². The molecule has 1 aliphatic rings. The minimum absolute atomic E-state index is 0.0610. The van der Waals surface area contributed by atoms with Crippen LogP contribution in [0.5, 0.6) is 17.2 Å². The molecular weight excluding hydrogens is 579 g/mol. The quantitative estimate of drug-likeness (QED) is 0.262. The lowest BCUT2D eigenvalue weighted by Crippen LogP contribution is -2.37. The number of aliphatic hydroxyl groups excluding tert-OH is 1. The predicted molar refractivity (Wildman–Crippen MR) is 147 cm³/mol. The molecule has 1 atom stereocenters. The minimum Gasteiger partial charge on any atom is -0.497 e. The lowest BCUT2D eigenvalue weighted by molar-refractivity contribution is -0.274. The average Bonchev–Trinajstić information content (AvgIpc) is 3.64.